The molecule has 2 aliphatic rings. The Morgan fingerprint density at radius 3 is 2.89 bits per heavy atom. The zero-order valence-corrected chi connectivity index (χ0v) is 11.4. The molecule has 0 spiro atoms. The highest BCUT2D eigenvalue weighted by Gasteiger charge is 2.29. The van der Waals surface area contributed by atoms with E-state index in [1.165, 1.54) is 26.4 Å². The standard InChI is InChI=1S/C14H21N3O2/c1-19-14(18)12-9-17-8-11(2-3-13(17)16-12)10-4-6-15-7-5-10/h9-11,15H,2-8H2,1H3. The number of methoxy groups -OCH3 is 1. The average Bonchev–Trinajstić information content (AvgIpc) is 2.90. The minimum Gasteiger partial charge on any atom is -0.464 e. The molecule has 5 nitrogen and oxygen atoms in total. The average molecular weight is 263 g/mol. The van der Waals surface area contributed by atoms with Gasteiger partial charge in [-0.25, -0.2) is 9.78 Å². The Hall–Kier alpha value is -1.36. The van der Waals surface area contributed by atoms with Crippen LogP contribution in [0.2, 0.25) is 0 Å². The van der Waals surface area contributed by atoms with Crippen molar-refractivity contribution in [3.05, 3.63) is 17.7 Å². The Morgan fingerprint density at radius 2 is 2.16 bits per heavy atom. The fourth-order valence-electron chi connectivity index (χ4n) is 3.37. The van der Waals surface area contributed by atoms with Crippen LogP contribution >= 0.6 is 0 Å². The van der Waals surface area contributed by atoms with Crippen molar-refractivity contribution in [2.75, 3.05) is 20.2 Å². The van der Waals surface area contributed by atoms with Gasteiger partial charge in [0, 0.05) is 19.2 Å². The lowest BCUT2D eigenvalue weighted by molar-refractivity contribution is 0.0594. The number of aromatic nitrogens is 2. The lowest BCUT2D eigenvalue weighted by atomic mass is 9.81. The van der Waals surface area contributed by atoms with Crippen LogP contribution in [0.4, 0.5) is 0 Å². The fraction of sp³-hybridized carbons (Fsp3) is 0.714. The third-order valence-corrected chi connectivity index (χ3v) is 4.47. The summed E-state index contributed by atoms with van der Waals surface area (Å²) < 4.78 is 6.89. The summed E-state index contributed by atoms with van der Waals surface area (Å²) in [7, 11) is 1.40. The molecule has 0 aromatic carbocycles. The second-order valence-electron chi connectivity index (χ2n) is 5.57. The number of piperidine rings is 1. The van der Waals surface area contributed by atoms with Crippen molar-refractivity contribution in [2.24, 2.45) is 11.8 Å². The second kappa shape index (κ2) is 5.33. The quantitative estimate of drug-likeness (QED) is 0.815. The van der Waals surface area contributed by atoms with Crippen molar-refractivity contribution >= 4 is 5.97 Å². The first kappa shape index (κ1) is 12.7. The van der Waals surface area contributed by atoms with Crippen LogP contribution in [0.25, 0.3) is 0 Å². The number of imidazole rings is 1. The van der Waals surface area contributed by atoms with E-state index >= 15 is 0 Å². The van der Waals surface area contributed by atoms with Gasteiger partial charge in [-0.2, -0.15) is 0 Å². The first-order valence-electron chi connectivity index (χ1n) is 7.13. The highest BCUT2D eigenvalue weighted by Crippen LogP contribution is 2.31. The number of nitrogens with zero attached hydrogens (tertiary/aromatic N) is 2. The summed E-state index contributed by atoms with van der Waals surface area (Å²) in [5.41, 5.74) is 0.448. The predicted molar refractivity (Wildman–Crippen MR) is 71.0 cm³/mol. The third-order valence-electron chi connectivity index (χ3n) is 4.47. The van der Waals surface area contributed by atoms with E-state index in [1.54, 1.807) is 0 Å². The number of ether oxygens (including phenoxy) is 1. The molecule has 19 heavy (non-hydrogen) atoms. The van der Waals surface area contributed by atoms with Gasteiger partial charge in [-0.1, -0.05) is 0 Å². The van der Waals surface area contributed by atoms with Gasteiger partial charge in [-0.05, 0) is 44.2 Å². The van der Waals surface area contributed by atoms with Crippen LogP contribution in [0.1, 0.15) is 35.6 Å². The molecule has 1 aromatic heterocycles. The van der Waals surface area contributed by atoms with Gasteiger partial charge in [0.25, 0.3) is 0 Å². The zero-order valence-electron chi connectivity index (χ0n) is 11.4. The Labute approximate surface area is 113 Å². The number of hydrogen-bond donors (Lipinski definition) is 1. The van der Waals surface area contributed by atoms with E-state index in [0.29, 0.717) is 5.69 Å². The number of carbonyl (C=O) groups excluding carboxylic acids is 1. The summed E-state index contributed by atoms with van der Waals surface area (Å²) in [4.78, 5) is 15.9. The Balaban J connectivity index is 1.72. The summed E-state index contributed by atoms with van der Waals surface area (Å²) in [5.74, 6) is 2.25. The van der Waals surface area contributed by atoms with Gasteiger partial charge >= 0.3 is 5.97 Å². The van der Waals surface area contributed by atoms with Crippen molar-refractivity contribution in [3.63, 3.8) is 0 Å². The number of fused-ring (bicyclic) bond motifs is 1. The molecule has 5 heteroatoms. The Kier molecular flexibility index (Phi) is 3.55. The molecule has 0 amide bonds. The Bertz CT molecular complexity index is 463. The van der Waals surface area contributed by atoms with Crippen molar-refractivity contribution in [2.45, 2.75) is 32.2 Å². The molecule has 3 rings (SSSR count). The van der Waals surface area contributed by atoms with E-state index in [0.717, 1.165) is 43.7 Å². The topological polar surface area (TPSA) is 56.2 Å². The molecule has 0 radical (unpaired) electrons. The maximum absolute atomic E-state index is 11.5. The summed E-state index contributed by atoms with van der Waals surface area (Å²) >= 11 is 0. The van der Waals surface area contributed by atoms with Crippen LogP contribution in [-0.4, -0.2) is 35.7 Å². The van der Waals surface area contributed by atoms with Crippen LogP contribution in [0.3, 0.4) is 0 Å². The highest BCUT2D eigenvalue weighted by molar-refractivity contribution is 5.86. The molecule has 104 valence electrons. The second-order valence-corrected chi connectivity index (χ2v) is 5.57. The number of nitrogens with one attached hydrogen (secondary N) is 1. The smallest absolute Gasteiger partial charge is 0.358 e. The first-order valence-corrected chi connectivity index (χ1v) is 7.13. The maximum atomic E-state index is 11.5. The summed E-state index contributed by atoms with van der Waals surface area (Å²) in [6, 6.07) is 0. The van der Waals surface area contributed by atoms with E-state index in [9.17, 15) is 4.79 Å². The lowest BCUT2D eigenvalue weighted by Gasteiger charge is -2.33. The Morgan fingerprint density at radius 1 is 1.37 bits per heavy atom. The van der Waals surface area contributed by atoms with Crippen molar-refractivity contribution < 1.29 is 9.53 Å². The molecule has 1 saturated heterocycles. The van der Waals surface area contributed by atoms with E-state index < -0.39 is 0 Å². The summed E-state index contributed by atoms with van der Waals surface area (Å²) in [6.45, 7) is 3.29. The van der Waals surface area contributed by atoms with Gasteiger partial charge in [-0.3, -0.25) is 0 Å². The predicted octanol–water partition coefficient (Wildman–Crippen LogP) is 1.23. The van der Waals surface area contributed by atoms with E-state index in [1.807, 2.05) is 6.20 Å². The monoisotopic (exact) mass is 263 g/mol. The van der Waals surface area contributed by atoms with E-state index in [4.69, 9.17) is 4.74 Å². The molecule has 1 atom stereocenters. The minimum absolute atomic E-state index is 0.333. The van der Waals surface area contributed by atoms with Crippen LogP contribution in [0, 0.1) is 11.8 Å². The molecular weight excluding hydrogens is 242 g/mol. The number of rotatable bonds is 2. The van der Waals surface area contributed by atoms with Crippen LogP contribution in [-0.2, 0) is 17.7 Å². The molecule has 1 fully saturated rings. The van der Waals surface area contributed by atoms with Crippen molar-refractivity contribution in [1.82, 2.24) is 14.9 Å². The van der Waals surface area contributed by atoms with Gasteiger partial charge in [-0.15, -0.1) is 0 Å². The molecule has 0 aliphatic carbocycles. The number of hydrogen-bond acceptors (Lipinski definition) is 4. The molecule has 0 bridgehead atoms. The van der Waals surface area contributed by atoms with Crippen LogP contribution in [0.5, 0.6) is 0 Å². The molecule has 2 aliphatic heterocycles. The van der Waals surface area contributed by atoms with E-state index in [-0.39, 0.29) is 5.97 Å². The lowest BCUT2D eigenvalue weighted by Crippen LogP contribution is -2.35. The first-order chi connectivity index (χ1) is 9.28. The molecule has 1 aromatic rings. The largest absolute Gasteiger partial charge is 0.464 e. The van der Waals surface area contributed by atoms with Gasteiger partial charge in [0.1, 0.15) is 5.82 Å². The third kappa shape index (κ3) is 2.52. The van der Waals surface area contributed by atoms with Gasteiger partial charge in [0.15, 0.2) is 5.69 Å². The number of esters is 1. The number of carbonyl (C=O) groups is 1. The van der Waals surface area contributed by atoms with Crippen LogP contribution < -0.4 is 5.32 Å². The molecule has 0 saturated carbocycles. The van der Waals surface area contributed by atoms with Gasteiger partial charge in [0.05, 0.1) is 7.11 Å². The summed E-state index contributed by atoms with van der Waals surface area (Å²) in [5, 5.41) is 3.42. The maximum Gasteiger partial charge on any atom is 0.358 e. The SMILES string of the molecule is COC(=O)c1cn2c(n1)CCC(C1CCNCC1)C2. The molecule has 3 heterocycles. The summed E-state index contributed by atoms with van der Waals surface area (Å²) in [6.07, 6.45) is 6.58. The van der Waals surface area contributed by atoms with E-state index in [2.05, 4.69) is 14.9 Å². The zero-order chi connectivity index (χ0) is 13.2. The molecule has 1 unspecified atom stereocenters. The highest BCUT2D eigenvalue weighted by atomic mass is 16.5. The van der Waals surface area contributed by atoms with Crippen molar-refractivity contribution in [3.8, 4) is 0 Å². The molecular formula is C14H21N3O2. The number of aryl methyl sites for hydroxylation is 1. The van der Waals surface area contributed by atoms with Crippen LogP contribution in [0.15, 0.2) is 6.20 Å². The normalized spacial score (nSPS) is 23.9. The molecule has 1 N–H and O–H groups in total. The van der Waals surface area contributed by atoms with Gasteiger partial charge < -0.3 is 14.6 Å². The van der Waals surface area contributed by atoms with Gasteiger partial charge in [0.2, 0.25) is 0 Å². The fourth-order valence-corrected chi connectivity index (χ4v) is 3.37. The van der Waals surface area contributed by atoms with Crippen molar-refractivity contribution in [1.29, 1.82) is 0 Å². The minimum atomic E-state index is -0.333.